The highest BCUT2D eigenvalue weighted by Gasteiger charge is 2.27. The van der Waals surface area contributed by atoms with Crippen LogP contribution in [0, 0.1) is 23.2 Å². The lowest BCUT2D eigenvalue weighted by atomic mass is 9.79. The molecule has 1 fully saturated rings. The summed E-state index contributed by atoms with van der Waals surface area (Å²) >= 11 is 0. The van der Waals surface area contributed by atoms with E-state index in [1.165, 1.54) is 24.8 Å². The first-order chi connectivity index (χ1) is 9.20. The molecular weight excluding hydrogens is 232 g/mol. The van der Waals surface area contributed by atoms with Crippen LogP contribution in [0.25, 0.3) is 0 Å². The van der Waals surface area contributed by atoms with Crippen LogP contribution in [0.3, 0.4) is 0 Å². The normalized spacial score (nSPS) is 28.6. The molecule has 4 unspecified atom stereocenters. The summed E-state index contributed by atoms with van der Waals surface area (Å²) in [6, 6.07) is 13.4. The molecule has 1 aliphatic rings. The molecule has 1 aromatic carbocycles. The van der Waals surface area contributed by atoms with Crippen LogP contribution in [0.15, 0.2) is 30.3 Å². The van der Waals surface area contributed by atoms with Crippen LogP contribution in [0.1, 0.15) is 51.1 Å². The van der Waals surface area contributed by atoms with E-state index in [9.17, 15) is 0 Å². The monoisotopic (exact) mass is 256 g/mol. The summed E-state index contributed by atoms with van der Waals surface area (Å²) in [5.41, 5.74) is 1.23. The van der Waals surface area contributed by atoms with E-state index in [-0.39, 0.29) is 6.04 Å². The molecule has 2 nitrogen and oxygen atoms in total. The van der Waals surface area contributed by atoms with Crippen molar-refractivity contribution in [1.82, 2.24) is 5.32 Å². The summed E-state index contributed by atoms with van der Waals surface area (Å²) < 4.78 is 0. The maximum absolute atomic E-state index is 9.05. The molecule has 0 aliphatic heterocycles. The van der Waals surface area contributed by atoms with Gasteiger partial charge in [-0.15, -0.1) is 0 Å². The molecule has 1 saturated carbocycles. The number of hydrogen-bond acceptors (Lipinski definition) is 2. The maximum Gasteiger partial charge on any atom is 0.0641 e. The van der Waals surface area contributed by atoms with Crippen LogP contribution < -0.4 is 5.32 Å². The van der Waals surface area contributed by atoms with Crippen molar-refractivity contribution in [3.8, 4) is 6.07 Å². The number of nitrogens with one attached hydrogen (secondary N) is 1. The molecule has 0 aromatic heterocycles. The van der Waals surface area contributed by atoms with Crippen molar-refractivity contribution >= 4 is 0 Å². The van der Waals surface area contributed by atoms with Crippen LogP contribution >= 0.6 is 0 Å². The highest BCUT2D eigenvalue weighted by molar-refractivity contribution is 5.20. The van der Waals surface area contributed by atoms with Gasteiger partial charge in [-0.1, -0.05) is 44.2 Å². The number of benzene rings is 1. The molecule has 1 aromatic rings. The van der Waals surface area contributed by atoms with Crippen LogP contribution in [-0.2, 0) is 0 Å². The molecule has 102 valence electrons. The maximum atomic E-state index is 9.05. The van der Waals surface area contributed by atoms with Gasteiger partial charge in [0.2, 0.25) is 0 Å². The zero-order valence-electron chi connectivity index (χ0n) is 12.0. The number of rotatable bonds is 4. The summed E-state index contributed by atoms with van der Waals surface area (Å²) in [5.74, 6) is 1.55. The fraction of sp³-hybridized carbons (Fsp3) is 0.588. The van der Waals surface area contributed by atoms with E-state index < -0.39 is 0 Å². The van der Waals surface area contributed by atoms with Gasteiger partial charge in [-0.2, -0.15) is 5.26 Å². The van der Waals surface area contributed by atoms with Crippen molar-refractivity contribution in [3.05, 3.63) is 35.9 Å². The lowest BCUT2D eigenvalue weighted by Crippen LogP contribution is -2.41. The Balaban J connectivity index is 2.03. The van der Waals surface area contributed by atoms with Gasteiger partial charge in [0.05, 0.1) is 12.5 Å². The van der Waals surface area contributed by atoms with Gasteiger partial charge in [-0.25, -0.2) is 0 Å². The summed E-state index contributed by atoms with van der Waals surface area (Å²) in [5, 5.41) is 12.8. The molecule has 1 aliphatic carbocycles. The highest BCUT2D eigenvalue weighted by Crippen LogP contribution is 2.30. The standard InChI is InChI=1S/C17H24N2/c1-13-8-9-16(14(2)12-13)19-17(10-11-18)15-6-4-3-5-7-15/h3-7,13-14,16-17,19H,8-10,12H2,1-2H3. The van der Waals surface area contributed by atoms with Gasteiger partial charge in [0, 0.05) is 12.1 Å². The average molecular weight is 256 g/mol. The topological polar surface area (TPSA) is 35.8 Å². The van der Waals surface area contributed by atoms with Gasteiger partial charge >= 0.3 is 0 Å². The molecule has 0 amide bonds. The lowest BCUT2D eigenvalue weighted by Gasteiger charge is -2.35. The third-order valence-electron chi connectivity index (χ3n) is 4.34. The summed E-state index contributed by atoms with van der Waals surface area (Å²) in [6.45, 7) is 4.68. The smallest absolute Gasteiger partial charge is 0.0641 e. The van der Waals surface area contributed by atoms with Gasteiger partial charge in [0.1, 0.15) is 0 Å². The molecule has 4 atom stereocenters. The average Bonchev–Trinajstić information content (AvgIpc) is 2.42. The molecule has 0 radical (unpaired) electrons. The number of hydrogen-bond donors (Lipinski definition) is 1. The van der Waals surface area contributed by atoms with Gasteiger partial charge in [-0.3, -0.25) is 0 Å². The van der Waals surface area contributed by atoms with E-state index in [1.54, 1.807) is 0 Å². The zero-order chi connectivity index (χ0) is 13.7. The number of nitrogens with zero attached hydrogens (tertiary/aromatic N) is 1. The second-order valence-corrected chi connectivity index (χ2v) is 5.99. The Labute approximate surface area is 116 Å². The van der Waals surface area contributed by atoms with Crippen molar-refractivity contribution in [1.29, 1.82) is 5.26 Å². The Hall–Kier alpha value is -1.33. The SMILES string of the molecule is CC1CCC(NC(CC#N)c2ccccc2)C(C)C1. The Kier molecular flexibility index (Phi) is 4.99. The molecule has 0 saturated heterocycles. The Morgan fingerprint density at radius 1 is 1.26 bits per heavy atom. The first kappa shape index (κ1) is 14.1. The Morgan fingerprint density at radius 2 is 2.00 bits per heavy atom. The Bertz CT molecular complexity index is 421. The van der Waals surface area contributed by atoms with Gasteiger partial charge in [-0.05, 0) is 36.7 Å². The summed E-state index contributed by atoms with van der Waals surface area (Å²) in [6.07, 6.45) is 4.38. The fourth-order valence-corrected chi connectivity index (χ4v) is 3.22. The lowest BCUT2D eigenvalue weighted by molar-refractivity contribution is 0.214. The first-order valence-corrected chi connectivity index (χ1v) is 7.38. The van der Waals surface area contributed by atoms with E-state index in [2.05, 4.69) is 37.4 Å². The minimum Gasteiger partial charge on any atom is -0.306 e. The molecule has 19 heavy (non-hydrogen) atoms. The fourth-order valence-electron chi connectivity index (χ4n) is 3.22. The molecule has 2 rings (SSSR count). The zero-order valence-corrected chi connectivity index (χ0v) is 12.0. The second-order valence-electron chi connectivity index (χ2n) is 5.99. The molecule has 0 spiro atoms. The van der Waals surface area contributed by atoms with Crippen molar-refractivity contribution in [2.24, 2.45) is 11.8 Å². The highest BCUT2D eigenvalue weighted by atomic mass is 15.0. The third kappa shape index (κ3) is 3.81. The number of nitriles is 1. The van der Waals surface area contributed by atoms with E-state index in [4.69, 9.17) is 5.26 Å². The van der Waals surface area contributed by atoms with Gasteiger partial charge in [0.25, 0.3) is 0 Å². The van der Waals surface area contributed by atoms with Crippen LogP contribution in [0.4, 0.5) is 0 Å². The van der Waals surface area contributed by atoms with E-state index in [1.807, 2.05) is 18.2 Å². The van der Waals surface area contributed by atoms with Crippen molar-refractivity contribution < 1.29 is 0 Å². The van der Waals surface area contributed by atoms with Crippen molar-refractivity contribution in [2.75, 3.05) is 0 Å². The van der Waals surface area contributed by atoms with Crippen LogP contribution in [0.2, 0.25) is 0 Å². The first-order valence-electron chi connectivity index (χ1n) is 7.38. The largest absolute Gasteiger partial charge is 0.306 e. The van der Waals surface area contributed by atoms with E-state index >= 15 is 0 Å². The summed E-state index contributed by atoms with van der Waals surface area (Å²) in [7, 11) is 0. The van der Waals surface area contributed by atoms with Gasteiger partial charge in [0.15, 0.2) is 0 Å². The third-order valence-corrected chi connectivity index (χ3v) is 4.34. The molecule has 2 heteroatoms. The van der Waals surface area contributed by atoms with Crippen LogP contribution in [-0.4, -0.2) is 6.04 Å². The van der Waals surface area contributed by atoms with Gasteiger partial charge < -0.3 is 5.32 Å². The van der Waals surface area contributed by atoms with Crippen LogP contribution in [0.5, 0.6) is 0 Å². The molecular formula is C17H24N2. The van der Waals surface area contributed by atoms with E-state index in [0.717, 1.165) is 5.92 Å². The predicted molar refractivity (Wildman–Crippen MR) is 78.5 cm³/mol. The van der Waals surface area contributed by atoms with Crippen molar-refractivity contribution in [3.63, 3.8) is 0 Å². The summed E-state index contributed by atoms with van der Waals surface area (Å²) in [4.78, 5) is 0. The molecule has 1 N–H and O–H groups in total. The second kappa shape index (κ2) is 6.73. The minimum atomic E-state index is 0.173. The minimum absolute atomic E-state index is 0.173. The van der Waals surface area contributed by atoms with Crippen molar-refractivity contribution in [2.45, 2.75) is 51.6 Å². The quantitative estimate of drug-likeness (QED) is 0.882. The predicted octanol–water partition coefficient (Wildman–Crippen LogP) is 4.06. The Morgan fingerprint density at radius 3 is 2.63 bits per heavy atom. The van der Waals surface area contributed by atoms with E-state index in [0.29, 0.717) is 18.4 Å². The molecule has 0 heterocycles. The molecule has 0 bridgehead atoms.